The fourth-order valence-electron chi connectivity index (χ4n) is 0.197. The van der Waals surface area contributed by atoms with Gasteiger partial charge in [-0.25, -0.2) is 0 Å². The van der Waals surface area contributed by atoms with E-state index in [9.17, 15) is 0 Å². The first-order chi connectivity index (χ1) is 3.41. The summed E-state index contributed by atoms with van der Waals surface area (Å²) in [5.74, 6) is 0. The van der Waals surface area contributed by atoms with Crippen LogP contribution in [0.25, 0.3) is 0 Å². The van der Waals surface area contributed by atoms with Crippen LogP contribution in [0.1, 0.15) is 6.92 Å². The molecule has 0 saturated heterocycles. The zero-order valence-corrected chi connectivity index (χ0v) is 4.42. The molecule has 0 atom stereocenters. The summed E-state index contributed by atoms with van der Waals surface area (Å²) < 4.78 is 4.78. The predicted molar refractivity (Wildman–Crippen MR) is 34.6 cm³/mol. The minimum atomic E-state index is 0.699. The Labute approximate surface area is 46.8 Å². The summed E-state index contributed by atoms with van der Waals surface area (Å²) in [6.45, 7) is 5.68. The van der Waals surface area contributed by atoms with Gasteiger partial charge < -0.3 is 0 Å². The van der Waals surface area contributed by atoms with Crippen molar-refractivity contribution in [2.75, 3.05) is 6.61 Å². The van der Waals surface area contributed by atoms with Crippen molar-refractivity contribution in [2.45, 2.75) is 6.92 Å². The van der Waals surface area contributed by atoms with Crippen molar-refractivity contribution >= 4 is 27.8 Å². The molecule has 7 heavy (non-hydrogen) atoms. The quantitative estimate of drug-likeness (QED) is 0.401. The van der Waals surface area contributed by atoms with Crippen LogP contribution >= 0.6 is 0 Å². The van der Waals surface area contributed by atoms with Gasteiger partial charge in [-0.2, -0.15) is 0 Å². The van der Waals surface area contributed by atoms with E-state index >= 15 is 0 Å². The molecule has 0 aromatic rings. The Morgan fingerprint density at radius 2 is 2.43 bits per heavy atom. The molecule has 0 bridgehead atoms. The third-order valence-electron chi connectivity index (χ3n) is 0.453. The zero-order valence-electron chi connectivity index (χ0n) is 4.42. The molecule has 0 rings (SSSR count). The number of hydrogen-bond acceptors (Lipinski definition) is 1. The van der Waals surface area contributed by atoms with Gasteiger partial charge in [-0.15, -0.1) is 0 Å². The second-order valence-corrected chi connectivity index (χ2v) is 0.976. The van der Waals surface area contributed by atoms with E-state index in [1.54, 1.807) is 13.7 Å². The van der Waals surface area contributed by atoms with Crippen LogP contribution in [-0.2, 0) is 4.65 Å². The van der Waals surface area contributed by atoms with Gasteiger partial charge in [0, 0.05) is 0 Å². The number of rotatable bonds is 3. The second-order valence-electron chi connectivity index (χ2n) is 0.976. The van der Waals surface area contributed by atoms with Gasteiger partial charge in [0.1, 0.15) is 0 Å². The topological polar surface area (TPSA) is 9.23 Å². The molecule has 31 valence electrons. The van der Waals surface area contributed by atoms with E-state index in [1.165, 1.54) is 6.69 Å². The first-order valence-electron chi connectivity index (χ1n) is 2.23. The van der Waals surface area contributed by atoms with E-state index in [2.05, 4.69) is 0 Å². The van der Waals surface area contributed by atoms with E-state index in [1.807, 2.05) is 6.92 Å². The Hall–Kier alpha value is 0.0597. The Kier molecular flexibility index (Phi) is 6.11. The van der Waals surface area contributed by atoms with E-state index in [-0.39, 0.29) is 0 Å². The first kappa shape index (κ1) is 7.06. The molecule has 0 amide bonds. The summed E-state index contributed by atoms with van der Waals surface area (Å²) >= 11 is 0. The Balaban J connectivity index is 2.92. The molecule has 5 heteroatoms. The molecule has 0 aromatic heterocycles. The molecule has 0 aliphatic heterocycles. The molecule has 0 aromatic carbocycles. The van der Waals surface area contributed by atoms with Gasteiger partial charge in [0.25, 0.3) is 0 Å². The van der Waals surface area contributed by atoms with Gasteiger partial charge in [-0.3, -0.25) is 0 Å². The van der Waals surface area contributed by atoms with Gasteiger partial charge in [0.15, 0.2) is 0 Å². The van der Waals surface area contributed by atoms with Crippen molar-refractivity contribution in [1.82, 2.24) is 0 Å². The molecule has 0 N–H and O–H groups in total. The summed E-state index contributed by atoms with van der Waals surface area (Å²) in [7, 11) is 6.53. The normalized spacial score (nSPS) is 6.29. The van der Waals surface area contributed by atoms with Crippen LogP contribution in [0.2, 0.25) is 0 Å². The monoisotopic (exact) mass is 89.1 g/mol. The van der Waals surface area contributed by atoms with E-state index in [4.69, 9.17) is 12.0 Å². The fraction of sp³-hybridized carbons (Fsp3) is 1.00. The van der Waals surface area contributed by atoms with Gasteiger partial charge >= 0.3 is 45.9 Å². The van der Waals surface area contributed by atoms with Crippen LogP contribution in [0.5, 0.6) is 0 Å². The molecule has 0 saturated carbocycles. The molecule has 0 aliphatic rings. The molecule has 0 fully saturated rings. The Morgan fingerprint density at radius 3 is 2.86 bits per heavy atom. The molecule has 1 radical (unpaired) electrons. The molecule has 0 heterocycles. The molecule has 0 spiro atoms. The van der Waals surface area contributed by atoms with Crippen LogP contribution in [0.3, 0.4) is 0 Å². The summed E-state index contributed by atoms with van der Waals surface area (Å²) in [5, 5.41) is 0. The predicted octanol–water partition coefficient (Wildman–Crippen LogP) is -1.04. The second kappa shape index (κ2) is 6.06. The van der Waals surface area contributed by atoms with Crippen LogP contribution < -0.4 is 0 Å². The van der Waals surface area contributed by atoms with Crippen molar-refractivity contribution in [3.63, 3.8) is 0 Å². The van der Waals surface area contributed by atoms with Crippen molar-refractivity contribution in [3.8, 4) is 0 Å². The van der Waals surface area contributed by atoms with Gasteiger partial charge in [0.2, 0.25) is 0 Å². The summed E-state index contributed by atoms with van der Waals surface area (Å²) in [6, 6.07) is 0. The van der Waals surface area contributed by atoms with Gasteiger partial charge in [0.05, 0.1) is 0 Å². The Morgan fingerprint density at radius 1 is 1.71 bits per heavy atom. The molecule has 1 nitrogen and oxygen atoms in total. The van der Waals surface area contributed by atoms with Crippen LogP contribution in [0.15, 0.2) is 0 Å². The standard InChI is InChI=1S/C2H5B4O/c1-2-7-6-5-4-3/h2H2,1H3. The summed E-state index contributed by atoms with van der Waals surface area (Å²) in [6.07, 6.45) is 0. The maximum atomic E-state index is 4.98. The van der Waals surface area contributed by atoms with Crippen molar-refractivity contribution in [1.29, 1.82) is 0 Å². The molecular weight excluding hydrogens is 83.3 g/mol. The van der Waals surface area contributed by atoms with Gasteiger partial charge in [-0.1, -0.05) is 0 Å². The summed E-state index contributed by atoms with van der Waals surface area (Å²) in [5.41, 5.74) is 0. The van der Waals surface area contributed by atoms with E-state index < -0.39 is 0 Å². The fourth-order valence-corrected chi connectivity index (χ4v) is 0.197. The third-order valence-corrected chi connectivity index (χ3v) is 0.453. The number of hydrogen-bond donors (Lipinski definition) is 0. The molecular formula is C2H5B4O. The van der Waals surface area contributed by atoms with E-state index in [0.717, 1.165) is 0 Å². The van der Waals surface area contributed by atoms with Crippen molar-refractivity contribution < 1.29 is 4.65 Å². The van der Waals surface area contributed by atoms with Crippen LogP contribution in [0, 0.1) is 0 Å². The molecule has 0 unspecified atom stereocenters. The van der Waals surface area contributed by atoms with Crippen LogP contribution in [-0.4, -0.2) is 34.4 Å². The maximum absolute atomic E-state index is 4.98. The Bertz CT molecular complexity index is 70.1. The minimum absolute atomic E-state index is 0.699. The SMILES string of the molecule is [B]=BB=BOCC. The third kappa shape index (κ3) is 6.06. The van der Waals surface area contributed by atoms with Crippen molar-refractivity contribution in [2.24, 2.45) is 0 Å². The summed E-state index contributed by atoms with van der Waals surface area (Å²) in [4.78, 5) is 0. The van der Waals surface area contributed by atoms with Crippen molar-refractivity contribution in [3.05, 3.63) is 0 Å². The average molecular weight is 88.3 g/mol. The van der Waals surface area contributed by atoms with Crippen LogP contribution in [0.4, 0.5) is 0 Å². The first-order valence-corrected chi connectivity index (χ1v) is 2.23. The average Bonchev–Trinajstić information content (AvgIpc) is 1.69. The molecule has 0 aliphatic carbocycles. The van der Waals surface area contributed by atoms with Gasteiger partial charge in [-0.05, 0) is 0 Å². The zero-order chi connectivity index (χ0) is 5.54. The van der Waals surface area contributed by atoms with E-state index in [0.29, 0.717) is 6.61 Å².